The minimum atomic E-state index is -0.189. The fourth-order valence-corrected chi connectivity index (χ4v) is 4.95. The molecule has 0 aliphatic carbocycles. The van der Waals surface area contributed by atoms with Gasteiger partial charge in [-0.05, 0) is 98.5 Å². The number of hydrogen-bond donors (Lipinski definition) is 0. The molecule has 4 rings (SSSR count). The number of carbonyl (C=O) groups is 2. The molecule has 0 aliphatic rings. The van der Waals surface area contributed by atoms with E-state index in [1.807, 2.05) is 66.1 Å². The minimum Gasteiger partial charge on any atom is -0.494 e. The zero-order valence-corrected chi connectivity index (χ0v) is 24.5. The number of unbranched alkanes of at least 4 members (excludes halogenated alkanes) is 1. The summed E-state index contributed by atoms with van der Waals surface area (Å²) in [4.78, 5) is 25.2. The predicted molar refractivity (Wildman–Crippen MR) is 166 cm³/mol. The van der Waals surface area contributed by atoms with Crippen molar-refractivity contribution in [1.82, 2.24) is 4.40 Å². The van der Waals surface area contributed by atoms with Crippen molar-refractivity contribution in [2.45, 2.75) is 59.3 Å². The molecule has 0 saturated carbocycles. The van der Waals surface area contributed by atoms with Crippen LogP contribution in [-0.4, -0.2) is 29.4 Å². The van der Waals surface area contributed by atoms with Crippen LogP contribution in [-0.2, 0) is 22.4 Å². The molecule has 0 fully saturated rings. The van der Waals surface area contributed by atoms with Crippen LogP contribution in [0.5, 0.6) is 5.75 Å². The normalized spacial score (nSPS) is 11.4. The summed E-state index contributed by atoms with van der Waals surface area (Å²) in [5, 5.41) is 0. The van der Waals surface area contributed by atoms with Crippen molar-refractivity contribution in [3.63, 3.8) is 0 Å². The largest absolute Gasteiger partial charge is 0.494 e. The number of hydrogen-bond acceptors (Lipinski definition) is 4. The number of ether oxygens (including phenoxy) is 2. The van der Waals surface area contributed by atoms with Crippen molar-refractivity contribution in [3.8, 4) is 5.75 Å². The first-order valence-corrected chi connectivity index (χ1v) is 14.7. The van der Waals surface area contributed by atoms with Gasteiger partial charge in [0.25, 0.3) is 0 Å². The molecular weight excluding hydrogens is 510 g/mol. The van der Waals surface area contributed by atoms with E-state index in [9.17, 15) is 9.59 Å². The van der Waals surface area contributed by atoms with Crippen molar-refractivity contribution in [3.05, 3.63) is 113 Å². The Labute approximate surface area is 243 Å². The van der Waals surface area contributed by atoms with E-state index >= 15 is 0 Å². The fraction of sp³-hybridized carbons (Fsp3) is 0.333. The highest BCUT2D eigenvalue weighted by Gasteiger charge is 2.17. The first kappa shape index (κ1) is 29.9. The third kappa shape index (κ3) is 8.68. The smallest absolute Gasteiger partial charge is 0.305 e. The van der Waals surface area contributed by atoms with E-state index < -0.39 is 0 Å². The number of esters is 1. The third-order valence-corrected chi connectivity index (χ3v) is 6.95. The monoisotopic (exact) mass is 551 g/mol. The van der Waals surface area contributed by atoms with Gasteiger partial charge in [-0.25, -0.2) is 0 Å². The standard InChI is InChI=1S/C36H41NO4/c1-4-40-35(38)14-10-12-31-26-33(34-13-7-8-23-37(31)34)36(39)30-19-21-32(22-20-30)41-24-9-5-6-11-28-15-17-29(18-16-28)25-27(2)3/h6-8,11,13,15-23,26-27H,4-5,9-10,12,14,24-25H2,1-3H3. The third-order valence-electron chi connectivity index (χ3n) is 6.95. The van der Waals surface area contributed by atoms with Crippen molar-refractivity contribution in [2.75, 3.05) is 13.2 Å². The Balaban J connectivity index is 1.28. The summed E-state index contributed by atoms with van der Waals surface area (Å²) in [6, 6.07) is 23.9. The zero-order valence-electron chi connectivity index (χ0n) is 24.5. The molecule has 5 nitrogen and oxygen atoms in total. The molecule has 0 bridgehead atoms. The van der Waals surface area contributed by atoms with Gasteiger partial charge >= 0.3 is 5.97 Å². The van der Waals surface area contributed by atoms with Gasteiger partial charge in [-0.15, -0.1) is 0 Å². The molecule has 0 spiro atoms. The molecular formula is C36H41NO4. The maximum Gasteiger partial charge on any atom is 0.305 e. The summed E-state index contributed by atoms with van der Waals surface area (Å²) < 4.78 is 13.0. The van der Waals surface area contributed by atoms with Crippen molar-refractivity contribution in [1.29, 1.82) is 0 Å². The average molecular weight is 552 g/mol. The van der Waals surface area contributed by atoms with E-state index in [1.165, 1.54) is 11.1 Å². The van der Waals surface area contributed by atoms with E-state index in [2.05, 4.69) is 50.3 Å². The van der Waals surface area contributed by atoms with Crippen LogP contribution in [0.2, 0.25) is 0 Å². The van der Waals surface area contributed by atoms with Crippen LogP contribution >= 0.6 is 0 Å². The molecule has 2 aromatic heterocycles. The quantitative estimate of drug-likeness (QED) is 0.0850. The number of aromatic nitrogens is 1. The lowest BCUT2D eigenvalue weighted by atomic mass is 10.0. The van der Waals surface area contributed by atoms with E-state index in [-0.39, 0.29) is 11.8 Å². The van der Waals surface area contributed by atoms with Crippen LogP contribution in [0.1, 0.15) is 79.2 Å². The van der Waals surface area contributed by atoms with Crippen LogP contribution in [0, 0.1) is 5.92 Å². The first-order valence-electron chi connectivity index (χ1n) is 14.7. The Hall–Kier alpha value is -4.12. The number of fused-ring (bicyclic) bond motifs is 1. The Morgan fingerprint density at radius 2 is 1.73 bits per heavy atom. The molecule has 0 N–H and O–H groups in total. The first-order chi connectivity index (χ1) is 19.9. The number of rotatable bonds is 15. The van der Waals surface area contributed by atoms with E-state index in [0.29, 0.717) is 49.5 Å². The summed E-state index contributed by atoms with van der Waals surface area (Å²) in [5.74, 6) is 1.21. The van der Waals surface area contributed by atoms with Gasteiger partial charge in [0.2, 0.25) is 0 Å². The summed E-state index contributed by atoms with van der Waals surface area (Å²) in [5.41, 5.74) is 5.75. The van der Waals surface area contributed by atoms with Crippen LogP contribution in [0.15, 0.2) is 85.1 Å². The number of aryl methyl sites for hydroxylation is 1. The molecule has 0 unspecified atom stereocenters. The molecule has 0 amide bonds. The highest BCUT2D eigenvalue weighted by atomic mass is 16.5. The van der Waals surface area contributed by atoms with Gasteiger partial charge in [0, 0.05) is 29.4 Å². The average Bonchev–Trinajstić information content (AvgIpc) is 3.34. The molecule has 0 atom stereocenters. The Kier molecular flexibility index (Phi) is 10.9. The van der Waals surface area contributed by atoms with Crippen molar-refractivity contribution in [2.24, 2.45) is 5.92 Å². The van der Waals surface area contributed by atoms with E-state index in [1.54, 1.807) is 0 Å². The lowest BCUT2D eigenvalue weighted by Gasteiger charge is -2.06. The van der Waals surface area contributed by atoms with Gasteiger partial charge in [-0.1, -0.05) is 56.3 Å². The van der Waals surface area contributed by atoms with Gasteiger partial charge in [0.15, 0.2) is 5.78 Å². The highest BCUT2D eigenvalue weighted by Crippen LogP contribution is 2.23. The second-order valence-corrected chi connectivity index (χ2v) is 10.7. The lowest BCUT2D eigenvalue weighted by molar-refractivity contribution is -0.143. The zero-order chi connectivity index (χ0) is 29.0. The molecule has 0 radical (unpaired) electrons. The maximum atomic E-state index is 13.4. The molecule has 0 saturated heterocycles. The van der Waals surface area contributed by atoms with Crippen molar-refractivity contribution >= 4 is 23.3 Å². The Morgan fingerprint density at radius 1 is 0.951 bits per heavy atom. The SMILES string of the molecule is CCOC(=O)CCCc1cc(C(=O)c2ccc(OCCCC=Cc3ccc(CC(C)C)cc3)cc2)c2ccccn12. The Bertz CT molecular complexity index is 1450. The molecule has 0 aliphatic heterocycles. The topological polar surface area (TPSA) is 57.0 Å². The number of pyridine rings is 1. The molecule has 214 valence electrons. The number of carbonyl (C=O) groups excluding carboxylic acids is 2. The van der Waals surface area contributed by atoms with Crippen LogP contribution < -0.4 is 4.74 Å². The van der Waals surface area contributed by atoms with Gasteiger partial charge in [0.1, 0.15) is 5.75 Å². The minimum absolute atomic E-state index is 0.0285. The number of allylic oxidation sites excluding steroid dienone is 1. The molecule has 4 aromatic rings. The van der Waals surface area contributed by atoms with Gasteiger partial charge in [0.05, 0.1) is 18.7 Å². The molecule has 41 heavy (non-hydrogen) atoms. The number of benzene rings is 2. The fourth-order valence-electron chi connectivity index (χ4n) is 4.95. The summed E-state index contributed by atoms with van der Waals surface area (Å²) in [6.45, 7) is 7.29. The molecule has 2 aromatic carbocycles. The lowest BCUT2D eigenvalue weighted by Crippen LogP contribution is -2.04. The summed E-state index contributed by atoms with van der Waals surface area (Å²) >= 11 is 0. The second kappa shape index (κ2) is 15.0. The maximum absolute atomic E-state index is 13.4. The van der Waals surface area contributed by atoms with Crippen LogP contribution in [0.3, 0.4) is 0 Å². The Morgan fingerprint density at radius 3 is 2.46 bits per heavy atom. The predicted octanol–water partition coefficient (Wildman–Crippen LogP) is 8.13. The number of ketones is 1. The van der Waals surface area contributed by atoms with Gasteiger partial charge in [-0.2, -0.15) is 0 Å². The van der Waals surface area contributed by atoms with E-state index in [0.717, 1.165) is 36.2 Å². The highest BCUT2D eigenvalue weighted by molar-refractivity contribution is 6.13. The van der Waals surface area contributed by atoms with Crippen molar-refractivity contribution < 1.29 is 19.1 Å². The van der Waals surface area contributed by atoms with Gasteiger partial charge in [-0.3, -0.25) is 9.59 Å². The summed E-state index contributed by atoms with van der Waals surface area (Å²) in [6.07, 6.45) is 11.0. The van der Waals surface area contributed by atoms with Gasteiger partial charge < -0.3 is 13.9 Å². The summed E-state index contributed by atoms with van der Waals surface area (Å²) in [7, 11) is 0. The molecule has 5 heteroatoms. The molecule has 2 heterocycles. The van der Waals surface area contributed by atoms with Crippen LogP contribution in [0.4, 0.5) is 0 Å². The van der Waals surface area contributed by atoms with E-state index in [4.69, 9.17) is 9.47 Å². The van der Waals surface area contributed by atoms with Crippen LogP contribution in [0.25, 0.3) is 11.6 Å². The second-order valence-electron chi connectivity index (χ2n) is 10.7. The number of nitrogens with zero attached hydrogens (tertiary/aromatic N) is 1.